The summed E-state index contributed by atoms with van der Waals surface area (Å²) in [4.78, 5) is 8.75. The van der Waals surface area contributed by atoms with E-state index >= 15 is 0 Å². The van der Waals surface area contributed by atoms with E-state index in [2.05, 4.69) is 19.6 Å². The van der Waals surface area contributed by atoms with Crippen LogP contribution < -0.4 is 10.1 Å². The maximum absolute atomic E-state index is 14.1. The second kappa shape index (κ2) is 9.79. The van der Waals surface area contributed by atoms with Gasteiger partial charge in [-0.15, -0.1) is 6.26 Å². The van der Waals surface area contributed by atoms with Crippen LogP contribution in [0, 0.1) is 12.7 Å². The minimum absolute atomic E-state index is 0.0201. The van der Waals surface area contributed by atoms with Crippen LogP contribution in [0.25, 0.3) is 10.9 Å². The van der Waals surface area contributed by atoms with Crippen molar-refractivity contribution in [2.75, 3.05) is 18.7 Å². The van der Waals surface area contributed by atoms with Crippen molar-refractivity contribution >= 4 is 38.7 Å². The van der Waals surface area contributed by atoms with Crippen molar-refractivity contribution in [3.05, 3.63) is 48.0 Å². The lowest BCUT2D eigenvalue weighted by molar-refractivity contribution is -0.0227. The summed E-state index contributed by atoms with van der Waals surface area (Å²) in [5, 5.41) is 4.09. The number of nitrogens with one attached hydrogen (secondary N) is 1. The number of hydrogen-bond donors (Lipinski definition) is 1. The van der Waals surface area contributed by atoms with Crippen LogP contribution in [0.3, 0.4) is 0 Å². The topological polar surface area (TPSA) is 85.7 Å². The molecule has 1 heterocycles. The van der Waals surface area contributed by atoms with Crippen molar-refractivity contribution < 1.29 is 18.1 Å². The highest BCUT2D eigenvalue weighted by Gasteiger charge is 2.27. The molecule has 1 saturated carbocycles. The molecule has 1 N–H and O–H groups in total. The fourth-order valence-electron chi connectivity index (χ4n) is 4.12. The Kier molecular flexibility index (Phi) is 6.86. The summed E-state index contributed by atoms with van der Waals surface area (Å²) >= 11 is 0. The molecule has 3 aromatic rings. The Bertz CT molecular complexity index is 1210. The van der Waals surface area contributed by atoms with Crippen molar-refractivity contribution in [2.45, 2.75) is 44.8 Å². The number of aryl methyl sites for hydroxylation is 1. The molecule has 2 aromatic carbocycles. The summed E-state index contributed by atoms with van der Waals surface area (Å²) in [6, 6.07) is 8.01. The average molecular weight is 458 g/mol. The monoisotopic (exact) mass is 457 g/mol. The number of ether oxygens (including phenoxy) is 2. The quantitative estimate of drug-likeness (QED) is 0.487. The van der Waals surface area contributed by atoms with Crippen LogP contribution >= 0.6 is 0 Å². The molecule has 1 aromatic heterocycles. The molecule has 0 unspecified atom stereocenters. The number of rotatable bonds is 6. The molecular weight excluding hydrogens is 431 g/mol. The van der Waals surface area contributed by atoms with Gasteiger partial charge < -0.3 is 23.4 Å². The summed E-state index contributed by atoms with van der Waals surface area (Å²) in [5.41, 5.74) is 2.75. The number of nitrogens with zero attached hydrogens (tertiary/aromatic N) is 3. The molecule has 32 heavy (non-hydrogen) atoms. The Balaban J connectivity index is 1.70. The minimum Gasteiger partial charge on any atom is -0.485 e. The van der Waals surface area contributed by atoms with Gasteiger partial charge in [-0.2, -0.15) is 10.6 Å². The van der Waals surface area contributed by atoms with Crippen molar-refractivity contribution in [2.24, 2.45) is 4.36 Å². The average Bonchev–Trinajstić information content (AvgIpc) is 2.75. The number of aromatic nitrogens is 2. The zero-order chi connectivity index (χ0) is 22.7. The molecule has 1 aliphatic rings. The van der Waals surface area contributed by atoms with Crippen LogP contribution in [0.2, 0.25) is 0 Å². The van der Waals surface area contributed by atoms with Gasteiger partial charge >= 0.3 is 0 Å². The number of methoxy groups -OCH3 is 1. The molecule has 0 radical (unpaired) electrons. The van der Waals surface area contributed by atoms with E-state index in [9.17, 15) is 8.60 Å². The number of anilines is 2. The van der Waals surface area contributed by atoms with E-state index < -0.39 is 10.6 Å². The molecule has 0 bridgehead atoms. The summed E-state index contributed by atoms with van der Waals surface area (Å²) in [5.74, 6) is 0.606. The lowest BCUT2D eigenvalue weighted by Gasteiger charge is -2.31. The van der Waals surface area contributed by atoms with Gasteiger partial charge in [-0.25, -0.2) is 14.4 Å². The van der Waals surface area contributed by atoms with Crippen molar-refractivity contribution in [1.82, 2.24) is 9.97 Å². The number of halogens is 1. The molecule has 0 aliphatic heterocycles. The van der Waals surface area contributed by atoms with Gasteiger partial charge in [0.1, 0.15) is 29.8 Å². The molecule has 0 amide bonds. The smallest absolute Gasteiger partial charge is 0.146 e. The first-order valence-corrected chi connectivity index (χ1v) is 12.0. The highest BCUT2D eigenvalue weighted by Crippen LogP contribution is 2.35. The molecule has 1 fully saturated rings. The largest absolute Gasteiger partial charge is 0.485 e. The molecule has 2 atom stereocenters. The standard InChI is InChI=1S/C23H26FN4O3S/c1-14-10-16(28-32(3)29)12-18-22(14)23(26-13-25-18)27-17-9-8-15(24)11-21(17)31-20-7-5-4-6-19(20)30-2/h8-13,19-20H,4-7H2,1-3H3,(H,25,26,27)/q-1/t19-,20-/m1/s1. The lowest BCUT2D eigenvalue weighted by Crippen LogP contribution is -2.36. The van der Waals surface area contributed by atoms with E-state index in [1.807, 2.05) is 13.0 Å². The van der Waals surface area contributed by atoms with E-state index in [0.717, 1.165) is 36.6 Å². The van der Waals surface area contributed by atoms with Crippen LogP contribution in [-0.2, 0) is 19.5 Å². The molecule has 7 nitrogen and oxygen atoms in total. The Morgan fingerprint density at radius 1 is 1.16 bits per heavy atom. The number of benzene rings is 2. The second-order valence-electron chi connectivity index (χ2n) is 7.87. The van der Waals surface area contributed by atoms with Gasteiger partial charge in [-0.3, -0.25) is 0 Å². The highest BCUT2D eigenvalue weighted by atomic mass is 32.2. The van der Waals surface area contributed by atoms with Gasteiger partial charge in [0.25, 0.3) is 0 Å². The predicted molar refractivity (Wildman–Crippen MR) is 124 cm³/mol. The van der Waals surface area contributed by atoms with E-state index in [1.54, 1.807) is 19.2 Å². The Morgan fingerprint density at radius 2 is 1.94 bits per heavy atom. The van der Waals surface area contributed by atoms with Crippen LogP contribution in [0.5, 0.6) is 5.75 Å². The van der Waals surface area contributed by atoms with Gasteiger partial charge in [0.05, 0.1) is 17.3 Å². The summed E-state index contributed by atoms with van der Waals surface area (Å²) in [6.07, 6.45) is 6.73. The molecule has 4 rings (SSSR count). The molecule has 0 spiro atoms. The third-order valence-corrected chi connectivity index (χ3v) is 6.04. The second-order valence-corrected chi connectivity index (χ2v) is 8.90. The van der Waals surface area contributed by atoms with Crippen LogP contribution in [0.15, 0.2) is 41.0 Å². The third kappa shape index (κ3) is 4.99. The van der Waals surface area contributed by atoms with Gasteiger partial charge in [0.15, 0.2) is 0 Å². The zero-order valence-electron chi connectivity index (χ0n) is 18.3. The first-order chi connectivity index (χ1) is 15.4. The van der Waals surface area contributed by atoms with Crippen molar-refractivity contribution in [1.29, 1.82) is 0 Å². The highest BCUT2D eigenvalue weighted by molar-refractivity contribution is 7.74. The summed E-state index contributed by atoms with van der Waals surface area (Å²) in [7, 11) is 0.368. The Labute approximate surface area is 188 Å². The molecule has 1 aliphatic carbocycles. The number of hydrogen-bond acceptors (Lipinski definition) is 8. The van der Waals surface area contributed by atoms with Crippen LogP contribution in [0.1, 0.15) is 31.2 Å². The SMILES string of the molecule is CO[C@@H]1CCCC[C@H]1Oc1cc(F)ccc1Nc1ncnc2cc(N=[S-](C)=O)cc(C)c12. The molecule has 170 valence electrons. The Morgan fingerprint density at radius 3 is 2.69 bits per heavy atom. The van der Waals surface area contributed by atoms with Crippen LogP contribution in [-0.4, -0.2) is 35.5 Å². The van der Waals surface area contributed by atoms with Gasteiger partial charge in [-0.1, -0.05) is 6.42 Å². The van der Waals surface area contributed by atoms with Crippen molar-refractivity contribution in [3.8, 4) is 5.75 Å². The first-order valence-electron chi connectivity index (χ1n) is 10.5. The summed E-state index contributed by atoms with van der Waals surface area (Å²) < 4.78 is 41.5. The van der Waals surface area contributed by atoms with E-state index in [1.165, 1.54) is 24.7 Å². The fourth-order valence-corrected chi connectivity index (χ4v) is 4.53. The van der Waals surface area contributed by atoms with E-state index in [0.29, 0.717) is 28.5 Å². The minimum atomic E-state index is -1.31. The van der Waals surface area contributed by atoms with Gasteiger partial charge in [0.2, 0.25) is 0 Å². The Hall–Kier alpha value is -2.78. The van der Waals surface area contributed by atoms with Gasteiger partial charge in [0, 0.05) is 24.2 Å². The number of fused-ring (bicyclic) bond motifs is 1. The zero-order valence-corrected chi connectivity index (χ0v) is 19.1. The predicted octanol–water partition coefficient (Wildman–Crippen LogP) is 5.57. The molecular formula is C23H26FN4O3S-. The lowest BCUT2D eigenvalue weighted by atomic mass is 9.94. The fraction of sp³-hybridized carbons (Fsp3) is 0.391. The van der Waals surface area contributed by atoms with E-state index in [4.69, 9.17) is 9.47 Å². The third-order valence-electron chi connectivity index (χ3n) is 5.57. The molecule has 0 saturated heterocycles. The maximum atomic E-state index is 14.1. The van der Waals surface area contributed by atoms with E-state index in [-0.39, 0.29) is 18.0 Å². The first kappa shape index (κ1) is 22.4. The summed E-state index contributed by atoms with van der Waals surface area (Å²) in [6.45, 7) is 1.92. The normalized spacial score (nSPS) is 19.8. The van der Waals surface area contributed by atoms with Crippen LogP contribution in [0.4, 0.5) is 21.6 Å². The molecule has 9 heteroatoms. The van der Waals surface area contributed by atoms with Gasteiger partial charge in [-0.05, 0) is 56.0 Å². The van der Waals surface area contributed by atoms with Crippen molar-refractivity contribution in [3.63, 3.8) is 0 Å². The maximum Gasteiger partial charge on any atom is 0.146 e.